The summed E-state index contributed by atoms with van der Waals surface area (Å²) in [6.45, 7) is 2.09. The van der Waals surface area contributed by atoms with Gasteiger partial charge in [-0.2, -0.15) is 5.26 Å². The molecule has 1 unspecified atom stereocenters. The zero-order valence-corrected chi connectivity index (χ0v) is 9.84. The summed E-state index contributed by atoms with van der Waals surface area (Å²) in [5, 5.41) is 18.2. The predicted octanol–water partition coefficient (Wildman–Crippen LogP) is 1.36. The summed E-state index contributed by atoms with van der Waals surface area (Å²) < 4.78 is 0. The number of nitriles is 1. The second-order valence-corrected chi connectivity index (χ2v) is 3.82. The summed E-state index contributed by atoms with van der Waals surface area (Å²) >= 11 is 0. The van der Waals surface area contributed by atoms with E-state index in [4.69, 9.17) is 5.26 Å². The average Bonchev–Trinajstić information content (AvgIpc) is 2.35. The Morgan fingerprint density at radius 1 is 1.47 bits per heavy atom. The van der Waals surface area contributed by atoms with Gasteiger partial charge in [-0.15, -0.1) is 0 Å². The highest BCUT2D eigenvalue weighted by atomic mass is 16.3. The van der Waals surface area contributed by atoms with E-state index in [1.165, 1.54) is 6.92 Å². The highest BCUT2D eigenvalue weighted by molar-refractivity contribution is 5.80. The molecule has 0 aliphatic carbocycles. The van der Waals surface area contributed by atoms with Gasteiger partial charge in [0.05, 0.1) is 19.0 Å². The summed E-state index contributed by atoms with van der Waals surface area (Å²) in [6, 6.07) is 11.5. The summed E-state index contributed by atoms with van der Waals surface area (Å²) in [4.78, 5) is 12.9. The minimum absolute atomic E-state index is 0.223. The molecule has 0 saturated carbocycles. The van der Waals surface area contributed by atoms with Crippen molar-refractivity contribution < 1.29 is 9.90 Å². The van der Waals surface area contributed by atoms with Crippen LogP contribution in [0.5, 0.6) is 0 Å². The maximum atomic E-state index is 11.0. The molecule has 0 aromatic heterocycles. The van der Waals surface area contributed by atoms with Gasteiger partial charge in [0.2, 0.25) is 0 Å². The molecular weight excluding hydrogens is 216 g/mol. The first-order valence-corrected chi connectivity index (χ1v) is 5.50. The normalized spacial score (nSPS) is 11.6. The van der Waals surface area contributed by atoms with Crippen LogP contribution >= 0.6 is 0 Å². The van der Waals surface area contributed by atoms with E-state index < -0.39 is 6.10 Å². The van der Waals surface area contributed by atoms with Gasteiger partial charge in [0.25, 0.3) is 0 Å². The quantitative estimate of drug-likeness (QED) is 0.804. The van der Waals surface area contributed by atoms with E-state index in [-0.39, 0.29) is 12.3 Å². The number of hydrogen-bond acceptors (Lipinski definition) is 4. The lowest BCUT2D eigenvalue weighted by Gasteiger charge is -2.25. The third-order valence-corrected chi connectivity index (χ3v) is 2.48. The van der Waals surface area contributed by atoms with E-state index in [0.29, 0.717) is 13.0 Å². The average molecular weight is 232 g/mol. The molecule has 1 N–H and O–H groups in total. The third-order valence-electron chi connectivity index (χ3n) is 2.48. The Morgan fingerprint density at radius 2 is 2.12 bits per heavy atom. The molecule has 1 atom stereocenters. The Hall–Kier alpha value is -1.86. The molecule has 1 aromatic rings. The van der Waals surface area contributed by atoms with Crippen LogP contribution in [-0.4, -0.2) is 30.1 Å². The lowest BCUT2D eigenvalue weighted by Crippen LogP contribution is -2.36. The number of benzene rings is 1. The van der Waals surface area contributed by atoms with Crippen LogP contribution in [0.2, 0.25) is 0 Å². The monoisotopic (exact) mass is 232 g/mol. The minimum atomic E-state index is -1.01. The first-order chi connectivity index (χ1) is 8.15. The molecule has 0 heterocycles. The van der Waals surface area contributed by atoms with Crippen molar-refractivity contribution in [1.82, 2.24) is 0 Å². The van der Waals surface area contributed by atoms with Crippen molar-refractivity contribution >= 4 is 11.5 Å². The largest absolute Gasteiger partial charge is 0.383 e. The minimum Gasteiger partial charge on any atom is -0.383 e. The summed E-state index contributed by atoms with van der Waals surface area (Å²) in [6.07, 6.45) is -0.645. The molecule has 0 saturated heterocycles. The van der Waals surface area contributed by atoms with Crippen molar-refractivity contribution in [3.63, 3.8) is 0 Å². The van der Waals surface area contributed by atoms with Gasteiger partial charge >= 0.3 is 0 Å². The van der Waals surface area contributed by atoms with Gasteiger partial charge < -0.3 is 10.0 Å². The number of para-hydroxylation sites is 1. The lowest BCUT2D eigenvalue weighted by atomic mass is 10.2. The molecule has 0 amide bonds. The van der Waals surface area contributed by atoms with Crippen LogP contribution in [-0.2, 0) is 4.79 Å². The van der Waals surface area contributed by atoms with Crippen molar-refractivity contribution in [2.75, 3.05) is 18.0 Å². The Labute approximate surface area is 101 Å². The Morgan fingerprint density at radius 3 is 2.65 bits per heavy atom. The fraction of sp³-hybridized carbons (Fsp3) is 0.385. The molecular formula is C13H16N2O2. The SMILES string of the molecule is CC(=O)C(O)CN(CCC#N)c1ccccc1. The number of aliphatic hydroxyl groups is 1. The Bertz CT molecular complexity index is 398. The number of anilines is 1. The highest BCUT2D eigenvalue weighted by Crippen LogP contribution is 2.14. The van der Waals surface area contributed by atoms with Gasteiger partial charge in [-0.05, 0) is 19.1 Å². The number of carbonyl (C=O) groups excluding carboxylic acids is 1. The summed E-state index contributed by atoms with van der Waals surface area (Å²) in [5.41, 5.74) is 0.906. The van der Waals surface area contributed by atoms with Crippen LogP contribution < -0.4 is 4.90 Å². The standard InChI is InChI=1S/C13H16N2O2/c1-11(16)13(17)10-15(9-5-8-14)12-6-3-2-4-7-12/h2-4,6-7,13,17H,5,9-10H2,1H3. The maximum absolute atomic E-state index is 11.0. The second-order valence-electron chi connectivity index (χ2n) is 3.82. The number of rotatable bonds is 6. The Kier molecular flexibility index (Phi) is 5.18. The fourth-order valence-corrected chi connectivity index (χ4v) is 1.49. The van der Waals surface area contributed by atoms with Crippen molar-refractivity contribution in [1.29, 1.82) is 5.26 Å². The molecule has 0 spiro atoms. The number of carbonyl (C=O) groups is 1. The van der Waals surface area contributed by atoms with Gasteiger partial charge in [-0.1, -0.05) is 18.2 Å². The number of ketones is 1. The van der Waals surface area contributed by atoms with Crippen LogP contribution in [0.15, 0.2) is 30.3 Å². The molecule has 0 aliphatic rings. The van der Waals surface area contributed by atoms with E-state index in [2.05, 4.69) is 6.07 Å². The zero-order valence-electron chi connectivity index (χ0n) is 9.84. The van der Waals surface area contributed by atoms with Crippen molar-refractivity contribution in [3.05, 3.63) is 30.3 Å². The molecule has 0 bridgehead atoms. The van der Waals surface area contributed by atoms with E-state index in [9.17, 15) is 9.90 Å². The molecule has 1 rings (SSSR count). The van der Waals surface area contributed by atoms with Crippen LogP contribution in [0.4, 0.5) is 5.69 Å². The molecule has 90 valence electrons. The molecule has 0 fully saturated rings. The van der Waals surface area contributed by atoms with Crippen molar-refractivity contribution in [3.8, 4) is 6.07 Å². The molecule has 0 radical (unpaired) electrons. The number of Topliss-reactive ketones (excluding diaryl/α,β-unsaturated/α-hetero) is 1. The van der Waals surface area contributed by atoms with Gasteiger partial charge in [0.1, 0.15) is 6.10 Å². The van der Waals surface area contributed by atoms with Crippen LogP contribution in [0.3, 0.4) is 0 Å². The van der Waals surface area contributed by atoms with Crippen LogP contribution in [0.25, 0.3) is 0 Å². The zero-order chi connectivity index (χ0) is 12.7. The fourth-order valence-electron chi connectivity index (χ4n) is 1.49. The number of hydrogen-bond donors (Lipinski definition) is 1. The molecule has 0 aliphatic heterocycles. The first-order valence-electron chi connectivity index (χ1n) is 5.50. The van der Waals surface area contributed by atoms with E-state index in [1.54, 1.807) is 0 Å². The van der Waals surface area contributed by atoms with Crippen LogP contribution in [0, 0.1) is 11.3 Å². The molecule has 4 nitrogen and oxygen atoms in total. The topological polar surface area (TPSA) is 64.3 Å². The van der Waals surface area contributed by atoms with E-state index >= 15 is 0 Å². The smallest absolute Gasteiger partial charge is 0.160 e. The predicted molar refractivity (Wildman–Crippen MR) is 65.6 cm³/mol. The van der Waals surface area contributed by atoms with Gasteiger partial charge in [-0.25, -0.2) is 0 Å². The highest BCUT2D eigenvalue weighted by Gasteiger charge is 2.15. The van der Waals surface area contributed by atoms with Crippen molar-refractivity contribution in [2.45, 2.75) is 19.4 Å². The Balaban J connectivity index is 2.74. The third kappa shape index (κ3) is 4.25. The maximum Gasteiger partial charge on any atom is 0.160 e. The second kappa shape index (κ2) is 6.66. The lowest BCUT2D eigenvalue weighted by molar-refractivity contribution is -0.124. The molecule has 1 aromatic carbocycles. The molecule has 17 heavy (non-hydrogen) atoms. The number of aliphatic hydroxyl groups excluding tert-OH is 1. The van der Waals surface area contributed by atoms with E-state index in [1.807, 2.05) is 35.2 Å². The summed E-state index contributed by atoms with van der Waals surface area (Å²) in [5.74, 6) is -0.261. The van der Waals surface area contributed by atoms with E-state index in [0.717, 1.165) is 5.69 Å². The van der Waals surface area contributed by atoms with Gasteiger partial charge in [-0.3, -0.25) is 4.79 Å². The van der Waals surface area contributed by atoms with Gasteiger partial charge in [0.15, 0.2) is 5.78 Å². The first kappa shape index (κ1) is 13.2. The van der Waals surface area contributed by atoms with Gasteiger partial charge in [0, 0.05) is 12.2 Å². The molecule has 4 heteroatoms. The number of nitrogens with zero attached hydrogens (tertiary/aromatic N) is 2. The summed E-state index contributed by atoms with van der Waals surface area (Å²) in [7, 11) is 0. The van der Waals surface area contributed by atoms with Crippen LogP contribution in [0.1, 0.15) is 13.3 Å². The van der Waals surface area contributed by atoms with Crippen molar-refractivity contribution in [2.24, 2.45) is 0 Å².